The van der Waals surface area contributed by atoms with Crippen molar-refractivity contribution >= 4 is 22.8 Å². The molecule has 0 spiro atoms. The zero-order valence-electron chi connectivity index (χ0n) is 12.1. The summed E-state index contributed by atoms with van der Waals surface area (Å²) in [5.41, 5.74) is 0.501. The zero-order valence-corrected chi connectivity index (χ0v) is 12.1. The van der Waals surface area contributed by atoms with Crippen LogP contribution in [0.25, 0.3) is 10.8 Å². The normalized spacial score (nSPS) is 13.2. The van der Waals surface area contributed by atoms with E-state index < -0.39 is 11.3 Å². The fourth-order valence-electron chi connectivity index (χ4n) is 2.40. The fourth-order valence-corrected chi connectivity index (χ4v) is 2.40. The maximum Gasteiger partial charge on any atom is 0.209 e. The summed E-state index contributed by atoms with van der Waals surface area (Å²) in [5, 5.41) is 2.22. The number of ketones is 1. The molecule has 0 aliphatic heterocycles. The van der Waals surface area contributed by atoms with Gasteiger partial charge in [0, 0.05) is 5.41 Å². The van der Waals surface area contributed by atoms with Gasteiger partial charge in [0.15, 0.2) is 0 Å². The smallest absolute Gasteiger partial charge is 0.209 e. The van der Waals surface area contributed by atoms with Crippen molar-refractivity contribution in [3.05, 3.63) is 48.0 Å². The lowest BCUT2D eigenvalue weighted by Crippen LogP contribution is -2.30. The SMILES string of the molecule is CC(C)(C)C(=O)C([C]=O)Cc1cccc2ccccc12. The number of hydrogen-bond donors (Lipinski definition) is 0. The minimum absolute atomic E-state index is 0.0552. The Morgan fingerprint density at radius 3 is 2.40 bits per heavy atom. The molecule has 0 amide bonds. The lowest BCUT2D eigenvalue weighted by atomic mass is 9.80. The highest BCUT2D eigenvalue weighted by atomic mass is 16.1. The molecule has 0 bridgehead atoms. The van der Waals surface area contributed by atoms with Gasteiger partial charge in [0.2, 0.25) is 6.29 Å². The molecule has 2 heteroatoms. The van der Waals surface area contributed by atoms with Gasteiger partial charge in [0.05, 0.1) is 5.92 Å². The van der Waals surface area contributed by atoms with Gasteiger partial charge in [-0.05, 0) is 22.8 Å². The summed E-state index contributed by atoms with van der Waals surface area (Å²) in [6.07, 6.45) is 2.34. The van der Waals surface area contributed by atoms with Gasteiger partial charge in [-0.2, -0.15) is 0 Å². The van der Waals surface area contributed by atoms with Crippen molar-refractivity contribution < 1.29 is 9.59 Å². The highest BCUT2D eigenvalue weighted by Gasteiger charge is 2.30. The van der Waals surface area contributed by atoms with Crippen LogP contribution in [0.2, 0.25) is 0 Å². The van der Waals surface area contributed by atoms with Crippen LogP contribution in [0.3, 0.4) is 0 Å². The minimum Gasteiger partial charge on any atom is -0.298 e. The van der Waals surface area contributed by atoms with Crippen molar-refractivity contribution in [2.75, 3.05) is 0 Å². The minimum atomic E-state index is -0.694. The molecular weight excluding hydrogens is 248 g/mol. The van der Waals surface area contributed by atoms with Crippen LogP contribution in [0.15, 0.2) is 42.5 Å². The predicted molar refractivity (Wildman–Crippen MR) is 81.3 cm³/mol. The molecule has 20 heavy (non-hydrogen) atoms. The van der Waals surface area contributed by atoms with E-state index in [0.29, 0.717) is 6.42 Å². The Kier molecular flexibility index (Phi) is 4.03. The van der Waals surface area contributed by atoms with Crippen LogP contribution < -0.4 is 0 Å². The Balaban J connectivity index is 2.36. The van der Waals surface area contributed by atoms with Crippen molar-refractivity contribution in [3.8, 4) is 0 Å². The molecule has 0 saturated heterocycles. The maximum atomic E-state index is 12.3. The quantitative estimate of drug-likeness (QED) is 0.791. The van der Waals surface area contributed by atoms with Crippen molar-refractivity contribution in [2.45, 2.75) is 27.2 Å². The topological polar surface area (TPSA) is 34.1 Å². The molecule has 2 nitrogen and oxygen atoms in total. The van der Waals surface area contributed by atoms with Gasteiger partial charge in [-0.3, -0.25) is 9.59 Å². The van der Waals surface area contributed by atoms with Crippen molar-refractivity contribution in [1.29, 1.82) is 0 Å². The molecule has 103 valence electrons. The van der Waals surface area contributed by atoms with E-state index in [1.807, 2.05) is 69.5 Å². The van der Waals surface area contributed by atoms with Crippen molar-refractivity contribution in [2.24, 2.45) is 11.3 Å². The molecule has 0 N–H and O–H groups in total. The summed E-state index contributed by atoms with van der Waals surface area (Å²) < 4.78 is 0. The third-order valence-corrected chi connectivity index (χ3v) is 3.50. The number of benzene rings is 2. The Labute approximate surface area is 119 Å². The summed E-state index contributed by atoms with van der Waals surface area (Å²) in [4.78, 5) is 23.5. The third kappa shape index (κ3) is 2.96. The average Bonchev–Trinajstić information content (AvgIpc) is 2.43. The second-order valence-corrected chi connectivity index (χ2v) is 6.13. The van der Waals surface area contributed by atoms with E-state index in [0.717, 1.165) is 16.3 Å². The number of Topliss-reactive ketones (excluding diaryl/α,β-unsaturated/α-hetero) is 1. The lowest BCUT2D eigenvalue weighted by molar-refractivity contribution is -0.128. The first kappa shape index (κ1) is 14.4. The van der Waals surface area contributed by atoms with E-state index in [9.17, 15) is 9.59 Å². The molecular formula is C18H19O2. The largest absolute Gasteiger partial charge is 0.298 e. The first-order valence-electron chi connectivity index (χ1n) is 6.82. The van der Waals surface area contributed by atoms with Crippen molar-refractivity contribution in [3.63, 3.8) is 0 Å². The Hall–Kier alpha value is -1.96. The molecule has 0 aliphatic rings. The van der Waals surface area contributed by atoms with E-state index >= 15 is 0 Å². The van der Waals surface area contributed by atoms with Crippen molar-refractivity contribution in [1.82, 2.24) is 0 Å². The first-order valence-corrected chi connectivity index (χ1v) is 6.82. The van der Waals surface area contributed by atoms with Crippen LogP contribution in [0.1, 0.15) is 26.3 Å². The summed E-state index contributed by atoms with van der Waals surface area (Å²) in [6.45, 7) is 5.51. The molecule has 2 rings (SSSR count). The molecule has 1 unspecified atom stereocenters. The molecule has 1 atom stereocenters. The average molecular weight is 267 g/mol. The van der Waals surface area contributed by atoms with E-state index in [2.05, 4.69) is 0 Å². The number of fused-ring (bicyclic) bond motifs is 1. The van der Waals surface area contributed by atoms with E-state index in [1.165, 1.54) is 0 Å². The molecule has 0 fully saturated rings. The highest BCUT2D eigenvalue weighted by Crippen LogP contribution is 2.25. The Bertz CT molecular complexity index is 630. The molecule has 0 heterocycles. The molecule has 1 radical (unpaired) electrons. The second-order valence-electron chi connectivity index (χ2n) is 6.13. The van der Waals surface area contributed by atoms with Gasteiger partial charge in [-0.15, -0.1) is 0 Å². The van der Waals surface area contributed by atoms with Crippen LogP contribution in [0.4, 0.5) is 0 Å². The summed E-state index contributed by atoms with van der Waals surface area (Å²) in [5.74, 6) is -0.749. The molecule has 2 aromatic carbocycles. The van der Waals surface area contributed by atoms with Gasteiger partial charge in [-0.25, -0.2) is 0 Å². The molecule has 0 saturated carbocycles. The standard InChI is InChI=1S/C18H19O2/c1-18(2,3)17(20)15(12-19)11-14-9-6-8-13-7-4-5-10-16(13)14/h4-10,15H,11H2,1-3H3. The van der Waals surface area contributed by atoms with Crippen LogP contribution >= 0.6 is 0 Å². The van der Waals surface area contributed by atoms with Crippen LogP contribution in [0.5, 0.6) is 0 Å². The molecule has 2 aromatic rings. The van der Waals surface area contributed by atoms with Gasteiger partial charge in [0.1, 0.15) is 5.78 Å². The summed E-state index contributed by atoms with van der Waals surface area (Å²) in [7, 11) is 0. The molecule has 0 aliphatic carbocycles. The highest BCUT2D eigenvalue weighted by molar-refractivity contribution is 5.97. The van der Waals surface area contributed by atoms with Gasteiger partial charge in [0.25, 0.3) is 0 Å². The third-order valence-electron chi connectivity index (χ3n) is 3.50. The second kappa shape index (κ2) is 5.58. The maximum absolute atomic E-state index is 12.3. The summed E-state index contributed by atoms with van der Waals surface area (Å²) >= 11 is 0. The zero-order chi connectivity index (χ0) is 14.8. The number of carbonyl (C=O) groups is 1. The van der Waals surface area contributed by atoms with Gasteiger partial charge < -0.3 is 0 Å². The lowest BCUT2D eigenvalue weighted by Gasteiger charge is -2.21. The fraction of sp³-hybridized carbons (Fsp3) is 0.333. The first-order chi connectivity index (χ1) is 9.43. The number of hydrogen-bond acceptors (Lipinski definition) is 2. The Morgan fingerprint density at radius 1 is 1.10 bits per heavy atom. The predicted octanol–water partition coefficient (Wildman–Crippen LogP) is 3.72. The van der Waals surface area contributed by atoms with E-state index in [1.54, 1.807) is 0 Å². The summed E-state index contributed by atoms with van der Waals surface area (Å²) in [6, 6.07) is 14.0. The number of carbonyl (C=O) groups excluding carboxylic acids is 2. The Morgan fingerprint density at radius 2 is 1.75 bits per heavy atom. The van der Waals surface area contributed by atoms with Crippen LogP contribution in [0, 0.1) is 11.3 Å². The van der Waals surface area contributed by atoms with Crippen LogP contribution in [-0.4, -0.2) is 12.1 Å². The van der Waals surface area contributed by atoms with E-state index in [-0.39, 0.29) is 5.78 Å². The monoisotopic (exact) mass is 267 g/mol. The van der Waals surface area contributed by atoms with E-state index in [4.69, 9.17) is 0 Å². The number of rotatable bonds is 4. The molecule has 0 aromatic heterocycles. The van der Waals surface area contributed by atoms with Gasteiger partial charge >= 0.3 is 0 Å². The van der Waals surface area contributed by atoms with Crippen LogP contribution in [-0.2, 0) is 16.0 Å². The van der Waals surface area contributed by atoms with Gasteiger partial charge in [-0.1, -0.05) is 63.2 Å².